The number of carbonyl (C=O) groups is 1. The first-order valence-electron chi connectivity index (χ1n) is 4.75. The largest absolute Gasteiger partial charge is 0.347 e. The normalized spacial score (nSPS) is 11.9. The monoisotopic (exact) mass is 239 g/mol. The van der Waals surface area contributed by atoms with E-state index in [0.29, 0.717) is 0 Å². The lowest BCUT2D eigenvalue weighted by Gasteiger charge is -2.19. The lowest BCUT2D eigenvalue weighted by atomic mass is 10.1. The van der Waals surface area contributed by atoms with Crippen molar-refractivity contribution in [1.29, 1.82) is 0 Å². The summed E-state index contributed by atoms with van der Waals surface area (Å²) in [4.78, 5) is 12.6. The van der Waals surface area contributed by atoms with Crippen molar-refractivity contribution in [2.45, 2.75) is 26.3 Å². The summed E-state index contributed by atoms with van der Waals surface area (Å²) in [5, 5.41) is 5.01. The predicted octanol–water partition coefficient (Wildman–Crippen LogP) is 3.49. The molecule has 2 rings (SSSR count). The SMILES string of the molecule is CC(C)(C)NC(=O)c1cc2sccc2s1. The Balaban J connectivity index is 2.24. The zero-order valence-corrected chi connectivity index (χ0v) is 10.6. The third-order valence-corrected chi connectivity index (χ3v) is 3.94. The van der Waals surface area contributed by atoms with Crippen LogP contribution >= 0.6 is 22.7 Å². The average molecular weight is 239 g/mol. The van der Waals surface area contributed by atoms with Gasteiger partial charge in [0, 0.05) is 14.9 Å². The minimum atomic E-state index is -0.172. The number of fused-ring (bicyclic) bond motifs is 1. The molecule has 0 aliphatic carbocycles. The molecule has 0 saturated carbocycles. The summed E-state index contributed by atoms with van der Waals surface area (Å²) in [6, 6.07) is 4.02. The maximum absolute atomic E-state index is 11.8. The van der Waals surface area contributed by atoms with Crippen LogP contribution in [0, 0.1) is 0 Å². The van der Waals surface area contributed by atoms with Crippen LogP contribution in [0.2, 0.25) is 0 Å². The van der Waals surface area contributed by atoms with E-state index >= 15 is 0 Å². The minimum Gasteiger partial charge on any atom is -0.347 e. The molecule has 2 heterocycles. The fourth-order valence-electron chi connectivity index (χ4n) is 1.28. The first kappa shape index (κ1) is 10.6. The lowest BCUT2D eigenvalue weighted by Crippen LogP contribution is -2.40. The van der Waals surface area contributed by atoms with Crippen molar-refractivity contribution in [3.8, 4) is 0 Å². The van der Waals surface area contributed by atoms with E-state index in [1.807, 2.05) is 32.2 Å². The van der Waals surface area contributed by atoms with Crippen LogP contribution < -0.4 is 5.32 Å². The molecule has 0 aliphatic rings. The highest BCUT2D eigenvalue weighted by molar-refractivity contribution is 7.27. The van der Waals surface area contributed by atoms with Crippen LogP contribution in [0.1, 0.15) is 30.4 Å². The van der Waals surface area contributed by atoms with Crippen molar-refractivity contribution < 1.29 is 4.79 Å². The van der Waals surface area contributed by atoms with E-state index in [-0.39, 0.29) is 11.4 Å². The molecule has 0 saturated heterocycles. The molecule has 80 valence electrons. The Hall–Kier alpha value is -0.870. The van der Waals surface area contributed by atoms with E-state index in [0.717, 1.165) is 4.88 Å². The number of amides is 1. The molecule has 0 fully saturated rings. The summed E-state index contributed by atoms with van der Waals surface area (Å²) in [6.07, 6.45) is 0. The number of thiophene rings is 2. The summed E-state index contributed by atoms with van der Waals surface area (Å²) in [5.74, 6) is 0.0240. The Labute approximate surface area is 96.9 Å². The number of hydrogen-bond donors (Lipinski definition) is 1. The van der Waals surface area contributed by atoms with Gasteiger partial charge in [-0.2, -0.15) is 0 Å². The van der Waals surface area contributed by atoms with Crippen LogP contribution in [-0.4, -0.2) is 11.4 Å². The van der Waals surface area contributed by atoms with Crippen molar-refractivity contribution in [1.82, 2.24) is 5.32 Å². The number of carbonyl (C=O) groups excluding carboxylic acids is 1. The highest BCUT2D eigenvalue weighted by Crippen LogP contribution is 2.30. The Morgan fingerprint density at radius 3 is 2.67 bits per heavy atom. The maximum Gasteiger partial charge on any atom is 0.261 e. The second-order valence-corrected chi connectivity index (χ2v) is 6.50. The highest BCUT2D eigenvalue weighted by Gasteiger charge is 2.17. The molecular weight excluding hydrogens is 226 g/mol. The van der Waals surface area contributed by atoms with Crippen LogP contribution in [0.15, 0.2) is 17.5 Å². The van der Waals surface area contributed by atoms with Gasteiger partial charge in [0.05, 0.1) is 4.88 Å². The second kappa shape index (κ2) is 3.61. The molecule has 0 unspecified atom stereocenters. The second-order valence-electron chi connectivity index (χ2n) is 4.46. The number of hydrogen-bond acceptors (Lipinski definition) is 3. The Bertz CT molecular complexity index is 461. The molecule has 0 radical (unpaired) electrons. The Morgan fingerprint density at radius 1 is 1.33 bits per heavy atom. The van der Waals surface area contributed by atoms with Crippen molar-refractivity contribution in [3.05, 3.63) is 22.4 Å². The number of rotatable bonds is 1. The van der Waals surface area contributed by atoms with Gasteiger partial charge in [-0.05, 0) is 38.3 Å². The first-order chi connectivity index (χ1) is 6.96. The van der Waals surface area contributed by atoms with Crippen molar-refractivity contribution >= 4 is 38.0 Å². The van der Waals surface area contributed by atoms with Crippen molar-refractivity contribution in [2.75, 3.05) is 0 Å². The quantitative estimate of drug-likeness (QED) is 0.811. The van der Waals surface area contributed by atoms with Gasteiger partial charge < -0.3 is 5.32 Å². The summed E-state index contributed by atoms with van der Waals surface area (Å²) < 4.78 is 2.39. The topological polar surface area (TPSA) is 29.1 Å². The van der Waals surface area contributed by atoms with Gasteiger partial charge in [-0.1, -0.05) is 0 Å². The first-order valence-corrected chi connectivity index (χ1v) is 6.45. The van der Waals surface area contributed by atoms with Gasteiger partial charge in [0.2, 0.25) is 0 Å². The molecule has 2 nitrogen and oxygen atoms in total. The smallest absolute Gasteiger partial charge is 0.261 e. The van der Waals surface area contributed by atoms with Crippen molar-refractivity contribution in [2.24, 2.45) is 0 Å². The average Bonchev–Trinajstić information content (AvgIpc) is 2.56. The fraction of sp³-hybridized carbons (Fsp3) is 0.364. The van der Waals surface area contributed by atoms with Gasteiger partial charge in [0.15, 0.2) is 0 Å². The summed E-state index contributed by atoms with van der Waals surface area (Å²) in [5.41, 5.74) is -0.172. The zero-order chi connectivity index (χ0) is 11.1. The van der Waals surface area contributed by atoms with Gasteiger partial charge in [0.25, 0.3) is 5.91 Å². The third kappa shape index (κ3) is 2.38. The van der Waals surface area contributed by atoms with Gasteiger partial charge in [0.1, 0.15) is 0 Å². The van der Waals surface area contributed by atoms with Crippen LogP contribution in [0.4, 0.5) is 0 Å². The molecule has 1 N–H and O–H groups in total. The van der Waals surface area contributed by atoms with Crippen LogP contribution in [0.25, 0.3) is 9.40 Å². The molecule has 0 aliphatic heterocycles. The molecule has 0 aromatic carbocycles. The highest BCUT2D eigenvalue weighted by atomic mass is 32.1. The van der Waals surface area contributed by atoms with E-state index in [9.17, 15) is 4.79 Å². The van der Waals surface area contributed by atoms with E-state index in [1.165, 1.54) is 9.40 Å². The minimum absolute atomic E-state index is 0.0240. The molecule has 0 bridgehead atoms. The number of nitrogens with one attached hydrogen (secondary N) is 1. The van der Waals surface area contributed by atoms with Gasteiger partial charge in [-0.25, -0.2) is 0 Å². The van der Waals surface area contributed by atoms with E-state index in [2.05, 4.69) is 11.4 Å². The predicted molar refractivity (Wildman–Crippen MR) is 66.9 cm³/mol. The Morgan fingerprint density at radius 2 is 2.07 bits per heavy atom. The standard InChI is InChI=1S/C11H13NOS2/c1-11(2,3)12-10(13)9-6-8-7(15-9)4-5-14-8/h4-6H,1-3H3,(H,12,13). The molecule has 4 heteroatoms. The summed E-state index contributed by atoms with van der Waals surface area (Å²) in [7, 11) is 0. The molecule has 1 amide bonds. The van der Waals surface area contributed by atoms with Crippen LogP contribution in [0.3, 0.4) is 0 Å². The van der Waals surface area contributed by atoms with Crippen molar-refractivity contribution in [3.63, 3.8) is 0 Å². The molecule has 2 aromatic rings. The van der Waals surface area contributed by atoms with Gasteiger partial charge in [-0.3, -0.25) is 4.79 Å². The molecule has 15 heavy (non-hydrogen) atoms. The van der Waals surface area contributed by atoms with Gasteiger partial charge >= 0.3 is 0 Å². The van der Waals surface area contributed by atoms with Crippen LogP contribution in [0.5, 0.6) is 0 Å². The maximum atomic E-state index is 11.8. The molecular formula is C11H13NOS2. The molecule has 0 atom stereocenters. The molecule has 0 spiro atoms. The van der Waals surface area contributed by atoms with Gasteiger partial charge in [-0.15, -0.1) is 22.7 Å². The third-order valence-electron chi connectivity index (χ3n) is 1.85. The van der Waals surface area contributed by atoms with Crippen LogP contribution in [-0.2, 0) is 0 Å². The zero-order valence-electron chi connectivity index (χ0n) is 8.96. The lowest BCUT2D eigenvalue weighted by molar-refractivity contribution is 0.0924. The van der Waals surface area contributed by atoms with E-state index in [1.54, 1.807) is 22.7 Å². The van der Waals surface area contributed by atoms with E-state index in [4.69, 9.17) is 0 Å². The molecule has 2 aromatic heterocycles. The van der Waals surface area contributed by atoms with E-state index < -0.39 is 0 Å². The fourth-order valence-corrected chi connectivity index (χ4v) is 3.28. The summed E-state index contributed by atoms with van der Waals surface area (Å²) in [6.45, 7) is 5.96. The summed E-state index contributed by atoms with van der Waals surface area (Å²) >= 11 is 3.23. The Kier molecular flexibility index (Phi) is 2.56.